The van der Waals surface area contributed by atoms with Crippen LogP contribution in [0.5, 0.6) is 0 Å². The molecule has 0 radical (unpaired) electrons. The number of nitrogens with zero attached hydrogens (tertiary/aromatic N) is 1. The quantitative estimate of drug-likeness (QED) is 0.708. The van der Waals surface area contributed by atoms with Gasteiger partial charge in [0.2, 0.25) is 0 Å². The van der Waals surface area contributed by atoms with E-state index in [0.717, 1.165) is 17.9 Å². The summed E-state index contributed by atoms with van der Waals surface area (Å²) < 4.78 is 0. The lowest BCUT2D eigenvalue weighted by molar-refractivity contribution is 0.274. The van der Waals surface area contributed by atoms with Crippen molar-refractivity contribution in [1.29, 1.82) is 0 Å². The Morgan fingerprint density at radius 1 is 1.05 bits per heavy atom. The monoisotopic (exact) mass is 280 g/mol. The summed E-state index contributed by atoms with van der Waals surface area (Å²) in [7, 11) is 0. The first-order valence-corrected chi connectivity index (χ1v) is 9.23. The van der Waals surface area contributed by atoms with Crippen LogP contribution in [0, 0.1) is 11.8 Å². The lowest BCUT2D eigenvalue weighted by Crippen LogP contribution is -2.36. The smallest absolute Gasteiger partial charge is 0.00672 e. The zero-order valence-corrected chi connectivity index (χ0v) is 13.9. The van der Waals surface area contributed by atoms with Gasteiger partial charge in [-0.15, -0.1) is 0 Å². The van der Waals surface area contributed by atoms with Crippen LogP contribution in [0.25, 0.3) is 0 Å². The van der Waals surface area contributed by atoms with Crippen LogP contribution in [0.2, 0.25) is 0 Å². The molecule has 1 saturated carbocycles. The van der Waals surface area contributed by atoms with Gasteiger partial charge in [0.15, 0.2) is 0 Å². The molecule has 2 aliphatic rings. The number of hydrogen-bond acceptors (Lipinski definition) is 2. The van der Waals surface area contributed by atoms with E-state index in [1.807, 2.05) is 0 Å². The van der Waals surface area contributed by atoms with Crippen LogP contribution in [-0.2, 0) is 0 Å². The molecule has 0 bridgehead atoms. The normalized spacial score (nSPS) is 30.3. The Kier molecular flexibility index (Phi) is 7.37. The third-order valence-electron chi connectivity index (χ3n) is 5.31. The predicted octanol–water partition coefficient (Wildman–Crippen LogP) is 4.06. The van der Waals surface area contributed by atoms with E-state index in [0.29, 0.717) is 0 Å². The Labute approximate surface area is 126 Å². The number of hydrogen-bond donors (Lipinski definition) is 1. The summed E-state index contributed by atoms with van der Waals surface area (Å²) >= 11 is 0. The number of likely N-dealkylation sites (tertiary alicyclic amines) is 1. The molecule has 2 fully saturated rings. The molecule has 2 heteroatoms. The molecule has 0 aromatic rings. The Morgan fingerprint density at radius 2 is 1.85 bits per heavy atom. The van der Waals surface area contributed by atoms with Crippen LogP contribution in [0.3, 0.4) is 0 Å². The summed E-state index contributed by atoms with van der Waals surface area (Å²) in [5.74, 6) is 1.83. The predicted molar refractivity (Wildman–Crippen MR) is 88.1 cm³/mol. The van der Waals surface area contributed by atoms with Gasteiger partial charge in [-0.1, -0.05) is 39.5 Å². The van der Waals surface area contributed by atoms with Gasteiger partial charge in [-0.05, 0) is 63.6 Å². The molecule has 2 nitrogen and oxygen atoms in total. The van der Waals surface area contributed by atoms with Crippen LogP contribution in [0.4, 0.5) is 0 Å². The largest absolute Gasteiger partial charge is 0.314 e. The average molecular weight is 280 g/mol. The fourth-order valence-electron chi connectivity index (χ4n) is 4.12. The van der Waals surface area contributed by atoms with Crippen molar-refractivity contribution in [2.24, 2.45) is 11.8 Å². The zero-order valence-electron chi connectivity index (χ0n) is 13.9. The minimum absolute atomic E-state index is 0.804. The molecular weight excluding hydrogens is 244 g/mol. The summed E-state index contributed by atoms with van der Waals surface area (Å²) in [6.45, 7) is 9.96. The van der Waals surface area contributed by atoms with Crippen LogP contribution in [-0.4, -0.2) is 37.1 Å². The number of rotatable bonds is 7. The Balaban J connectivity index is 1.60. The van der Waals surface area contributed by atoms with Crippen molar-refractivity contribution in [3.63, 3.8) is 0 Å². The van der Waals surface area contributed by atoms with Crippen molar-refractivity contribution >= 4 is 0 Å². The van der Waals surface area contributed by atoms with Crippen molar-refractivity contribution in [1.82, 2.24) is 10.2 Å². The Morgan fingerprint density at radius 3 is 2.60 bits per heavy atom. The standard InChI is InChI=1S/C18H36N2/c1-3-7-17-8-6-9-18(11-10-17)19-14-16(2)15-20-12-4-5-13-20/h16-19H,3-15H2,1-2H3. The van der Waals surface area contributed by atoms with Crippen molar-refractivity contribution in [2.45, 2.75) is 77.7 Å². The SMILES string of the molecule is CCCC1CCCC(NCC(C)CN2CCCC2)CC1. The summed E-state index contributed by atoms with van der Waals surface area (Å²) in [4.78, 5) is 2.65. The van der Waals surface area contributed by atoms with E-state index in [-0.39, 0.29) is 0 Å². The van der Waals surface area contributed by atoms with E-state index in [9.17, 15) is 0 Å². The average Bonchev–Trinajstić information content (AvgIpc) is 2.83. The van der Waals surface area contributed by atoms with Crippen molar-refractivity contribution in [3.05, 3.63) is 0 Å². The molecule has 2 rings (SSSR count). The molecule has 1 N–H and O–H groups in total. The topological polar surface area (TPSA) is 15.3 Å². The van der Waals surface area contributed by atoms with E-state index in [1.54, 1.807) is 0 Å². The van der Waals surface area contributed by atoms with Gasteiger partial charge in [-0.25, -0.2) is 0 Å². The van der Waals surface area contributed by atoms with Gasteiger partial charge in [0.05, 0.1) is 0 Å². The van der Waals surface area contributed by atoms with Gasteiger partial charge in [-0.2, -0.15) is 0 Å². The van der Waals surface area contributed by atoms with E-state index in [1.165, 1.54) is 84.0 Å². The molecule has 1 heterocycles. The highest BCUT2D eigenvalue weighted by molar-refractivity contribution is 4.77. The minimum atomic E-state index is 0.804. The van der Waals surface area contributed by atoms with Crippen LogP contribution in [0.15, 0.2) is 0 Å². The highest BCUT2D eigenvalue weighted by Crippen LogP contribution is 2.26. The first kappa shape index (κ1) is 16.3. The van der Waals surface area contributed by atoms with Crippen LogP contribution >= 0.6 is 0 Å². The van der Waals surface area contributed by atoms with Crippen molar-refractivity contribution in [3.8, 4) is 0 Å². The maximum Gasteiger partial charge on any atom is 0.00672 e. The van der Waals surface area contributed by atoms with E-state index >= 15 is 0 Å². The fourth-order valence-corrected chi connectivity index (χ4v) is 4.12. The zero-order chi connectivity index (χ0) is 14.2. The molecule has 0 aromatic heterocycles. The minimum Gasteiger partial charge on any atom is -0.314 e. The third-order valence-corrected chi connectivity index (χ3v) is 5.31. The van der Waals surface area contributed by atoms with Gasteiger partial charge in [0.25, 0.3) is 0 Å². The summed E-state index contributed by atoms with van der Waals surface area (Å²) in [5, 5.41) is 3.87. The molecule has 0 spiro atoms. The van der Waals surface area contributed by atoms with Crippen LogP contribution < -0.4 is 5.32 Å². The molecule has 1 saturated heterocycles. The van der Waals surface area contributed by atoms with Crippen molar-refractivity contribution < 1.29 is 0 Å². The first-order valence-electron chi connectivity index (χ1n) is 9.23. The third kappa shape index (κ3) is 5.73. The van der Waals surface area contributed by atoms with Crippen molar-refractivity contribution in [2.75, 3.05) is 26.2 Å². The molecule has 118 valence electrons. The summed E-state index contributed by atoms with van der Waals surface area (Å²) in [5.41, 5.74) is 0. The van der Waals surface area contributed by atoms with Gasteiger partial charge in [-0.3, -0.25) is 0 Å². The first-order chi connectivity index (χ1) is 9.78. The van der Waals surface area contributed by atoms with Gasteiger partial charge in [0.1, 0.15) is 0 Å². The second kappa shape index (κ2) is 9.04. The fraction of sp³-hybridized carbons (Fsp3) is 1.00. The highest BCUT2D eigenvalue weighted by atomic mass is 15.1. The second-order valence-corrected chi connectivity index (χ2v) is 7.38. The Hall–Kier alpha value is -0.0800. The van der Waals surface area contributed by atoms with Gasteiger partial charge in [0, 0.05) is 12.6 Å². The maximum absolute atomic E-state index is 3.87. The molecule has 3 unspecified atom stereocenters. The summed E-state index contributed by atoms with van der Waals surface area (Å²) in [6, 6.07) is 0.804. The molecule has 1 aliphatic carbocycles. The maximum atomic E-state index is 3.87. The number of nitrogens with one attached hydrogen (secondary N) is 1. The summed E-state index contributed by atoms with van der Waals surface area (Å²) in [6.07, 6.45) is 12.9. The molecule has 20 heavy (non-hydrogen) atoms. The van der Waals surface area contributed by atoms with E-state index in [2.05, 4.69) is 24.1 Å². The highest BCUT2D eigenvalue weighted by Gasteiger charge is 2.19. The Bertz CT molecular complexity index is 248. The molecule has 3 atom stereocenters. The van der Waals surface area contributed by atoms with Crippen LogP contribution in [0.1, 0.15) is 71.6 Å². The lowest BCUT2D eigenvalue weighted by Gasteiger charge is -2.23. The van der Waals surface area contributed by atoms with Gasteiger partial charge >= 0.3 is 0 Å². The molecule has 0 amide bonds. The second-order valence-electron chi connectivity index (χ2n) is 7.38. The lowest BCUT2D eigenvalue weighted by atomic mass is 9.95. The molecular formula is C18H36N2. The van der Waals surface area contributed by atoms with Gasteiger partial charge < -0.3 is 10.2 Å². The molecule has 0 aromatic carbocycles. The van der Waals surface area contributed by atoms with E-state index < -0.39 is 0 Å². The van der Waals surface area contributed by atoms with E-state index in [4.69, 9.17) is 0 Å². The molecule has 1 aliphatic heterocycles.